The van der Waals surface area contributed by atoms with E-state index in [0.29, 0.717) is 0 Å². The molecule has 0 unspecified atom stereocenters. The van der Waals surface area contributed by atoms with Gasteiger partial charge in [0, 0.05) is 17.1 Å². The van der Waals surface area contributed by atoms with Crippen molar-refractivity contribution < 1.29 is 0 Å². The minimum absolute atomic E-state index is 1.04. The van der Waals surface area contributed by atoms with Crippen molar-refractivity contribution in [1.29, 1.82) is 0 Å². The molecule has 4 aromatic rings. The minimum atomic E-state index is 1.04. The van der Waals surface area contributed by atoms with Gasteiger partial charge in [-0.25, -0.2) is 0 Å². The zero-order chi connectivity index (χ0) is 14.2. The topological polar surface area (TPSA) is 12.9 Å². The summed E-state index contributed by atoms with van der Waals surface area (Å²) in [6.45, 7) is 2.13. The molecule has 0 aliphatic carbocycles. The molecule has 0 radical (unpaired) electrons. The summed E-state index contributed by atoms with van der Waals surface area (Å²) in [7, 11) is 0. The molecule has 0 bridgehead atoms. The van der Waals surface area contributed by atoms with Crippen LogP contribution in [0, 0.1) is 6.92 Å². The number of rotatable bonds is 1. The zero-order valence-corrected chi connectivity index (χ0v) is 11.9. The molecule has 0 spiro atoms. The summed E-state index contributed by atoms with van der Waals surface area (Å²) in [4.78, 5) is 4.64. The van der Waals surface area contributed by atoms with Gasteiger partial charge in [0.2, 0.25) is 0 Å². The van der Waals surface area contributed by atoms with Crippen LogP contribution in [0.15, 0.2) is 72.9 Å². The van der Waals surface area contributed by atoms with Crippen LogP contribution in [0.25, 0.3) is 32.8 Å². The second-order valence-corrected chi connectivity index (χ2v) is 5.39. The number of hydrogen-bond donors (Lipinski definition) is 0. The normalized spacial score (nSPS) is 11.1. The summed E-state index contributed by atoms with van der Waals surface area (Å²) in [5, 5.41) is 5.01. The highest BCUT2D eigenvalue weighted by Crippen LogP contribution is 2.29. The minimum Gasteiger partial charge on any atom is -0.256 e. The SMILES string of the molecule is Cc1ccccc1-c1cc2c(ccc3ccccc32)cn1. The first-order valence-corrected chi connectivity index (χ1v) is 7.16. The van der Waals surface area contributed by atoms with Crippen molar-refractivity contribution >= 4 is 21.5 Å². The fourth-order valence-corrected chi connectivity index (χ4v) is 2.91. The van der Waals surface area contributed by atoms with Crippen LogP contribution in [0.3, 0.4) is 0 Å². The van der Waals surface area contributed by atoms with Gasteiger partial charge in [0.25, 0.3) is 0 Å². The van der Waals surface area contributed by atoms with Crippen LogP contribution in [0.4, 0.5) is 0 Å². The van der Waals surface area contributed by atoms with E-state index in [1.807, 2.05) is 6.20 Å². The first-order valence-electron chi connectivity index (χ1n) is 7.16. The molecular formula is C20H15N. The third-order valence-corrected chi connectivity index (χ3v) is 4.05. The molecule has 0 atom stereocenters. The summed E-state index contributed by atoms with van der Waals surface area (Å²) in [5.41, 5.74) is 3.49. The largest absolute Gasteiger partial charge is 0.256 e. The fourth-order valence-electron chi connectivity index (χ4n) is 2.91. The molecule has 0 saturated carbocycles. The predicted octanol–water partition coefficient (Wildman–Crippen LogP) is 5.36. The lowest BCUT2D eigenvalue weighted by Gasteiger charge is -2.08. The molecule has 0 amide bonds. The van der Waals surface area contributed by atoms with Crippen LogP contribution in [-0.4, -0.2) is 4.98 Å². The average molecular weight is 269 g/mol. The Morgan fingerprint density at radius 1 is 0.714 bits per heavy atom. The van der Waals surface area contributed by atoms with Gasteiger partial charge >= 0.3 is 0 Å². The molecule has 1 heteroatoms. The van der Waals surface area contributed by atoms with Crippen LogP contribution in [0.2, 0.25) is 0 Å². The van der Waals surface area contributed by atoms with E-state index in [9.17, 15) is 0 Å². The predicted molar refractivity (Wildman–Crippen MR) is 89.4 cm³/mol. The van der Waals surface area contributed by atoms with Gasteiger partial charge < -0.3 is 0 Å². The van der Waals surface area contributed by atoms with Crippen molar-refractivity contribution in [1.82, 2.24) is 4.98 Å². The highest BCUT2D eigenvalue weighted by Gasteiger charge is 2.06. The lowest BCUT2D eigenvalue weighted by atomic mass is 10.00. The summed E-state index contributed by atoms with van der Waals surface area (Å²) in [6.07, 6.45) is 1.98. The lowest BCUT2D eigenvalue weighted by molar-refractivity contribution is 1.33. The zero-order valence-electron chi connectivity index (χ0n) is 11.9. The Bertz CT molecular complexity index is 954. The molecule has 1 heterocycles. The molecule has 0 fully saturated rings. The Balaban J connectivity index is 2.05. The second kappa shape index (κ2) is 4.71. The maximum absolute atomic E-state index is 4.64. The Hall–Kier alpha value is -2.67. The molecule has 0 aliphatic heterocycles. The molecule has 3 aromatic carbocycles. The first kappa shape index (κ1) is 12.1. The van der Waals surface area contributed by atoms with Crippen LogP contribution < -0.4 is 0 Å². The van der Waals surface area contributed by atoms with E-state index < -0.39 is 0 Å². The van der Waals surface area contributed by atoms with E-state index in [2.05, 4.69) is 78.6 Å². The summed E-state index contributed by atoms with van der Waals surface area (Å²) < 4.78 is 0. The molecule has 4 rings (SSSR count). The van der Waals surface area contributed by atoms with E-state index in [1.165, 1.54) is 32.7 Å². The molecule has 0 aliphatic rings. The van der Waals surface area contributed by atoms with Crippen LogP contribution in [0.5, 0.6) is 0 Å². The number of nitrogens with zero attached hydrogens (tertiary/aromatic N) is 1. The monoisotopic (exact) mass is 269 g/mol. The number of hydrogen-bond acceptors (Lipinski definition) is 1. The van der Waals surface area contributed by atoms with Crippen molar-refractivity contribution in [3.05, 3.63) is 78.5 Å². The number of aryl methyl sites for hydroxylation is 1. The van der Waals surface area contributed by atoms with Crippen molar-refractivity contribution in [2.75, 3.05) is 0 Å². The molecule has 100 valence electrons. The van der Waals surface area contributed by atoms with Crippen molar-refractivity contribution in [2.45, 2.75) is 6.92 Å². The van der Waals surface area contributed by atoms with Crippen LogP contribution in [0.1, 0.15) is 5.56 Å². The lowest BCUT2D eigenvalue weighted by Crippen LogP contribution is -1.88. The van der Waals surface area contributed by atoms with Crippen molar-refractivity contribution in [2.24, 2.45) is 0 Å². The van der Waals surface area contributed by atoms with E-state index in [0.717, 1.165) is 5.69 Å². The van der Waals surface area contributed by atoms with Gasteiger partial charge in [0.1, 0.15) is 0 Å². The van der Waals surface area contributed by atoms with Gasteiger partial charge in [-0.2, -0.15) is 0 Å². The Morgan fingerprint density at radius 2 is 1.48 bits per heavy atom. The number of pyridine rings is 1. The molecule has 0 saturated heterocycles. The van der Waals surface area contributed by atoms with Crippen LogP contribution in [-0.2, 0) is 0 Å². The third kappa shape index (κ3) is 1.98. The summed E-state index contributed by atoms with van der Waals surface area (Å²) >= 11 is 0. The summed E-state index contributed by atoms with van der Waals surface area (Å²) in [6, 6.07) is 23.4. The number of aromatic nitrogens is 1. The number of benzene rings is 3. The van der Waals surface area contributed by atoms with E-state index >= 15 is 0 Å². The van der Waals surface area contributed by atoms with E-state index in [-0.39, 0.29) is 0 Å². The van der Waals surface area contributed by atoms with Gasteiger partial charge in [-0.05, 0) is 34.7 Å². The average Bonchev–Trinajstić information content (AvgIpc) is 2.55. The molecule has 1 aromatic heterocycles. The van der Waals surface area contributed by atoms with Gasteiger partial charge in [0.15, 0.2) is 0 Å². The Kier molecular flexibility index (Phi) is 2.71. The Labute approximate surface area is 123 Å². The smallest absolute Gasteiger partial charge is 0.0711 e. The van der Waals surface area contributed by atoms with Gasteiger partial charge in [-0.15, -0.1) is 0 Å². The quantitative estimate of drug-likeness (QED) is 0.424. The van der Waals surface area contributed by atoms with Gasteiger partial charge in [-0.1, -0.05) is 60.7 Å². The molecule has 21 heavy (non-hydrogen) atoms. The Morgan fingerprint density at radius 3 is 2.38 bits per heavy atom. The fraction of sp³-hybridized carbons (Fsp3) is 0.0500. The van der Waals surface area contributed by atoms with Gasteiger partial charge in [0.05, 0.1) is 5.69 Å². The highest BCUT2D eigenvalue weighted by atomic mass is 14.7. The molecule has 1 nitrogen and oxygen atoms in total. The maximum Gasteiger partial charge on any atom is 0.0711 e. The highest BCUT2D eigenvalue weighted by molar-refractivity contribution is 6.08. The third-order valence-electron chi connectivity index (χ3n) is 4.05. The number of fused-ring (bicyclic) bond motifs is 3. The van der Waals surface area contributed by atoms with E-state index in [1.54, 1.807) is 0 Å². The first-order chi connectivity index (χ1) is 10.3. The molecular weight excluding hydrogens is 254 g/mol. The van der Waals surface area contributed by atoms with Crippen molar-refractivity contribution in [3.63, 3.8) is 0 Å². The standard InChI is InChI=1S/C20H15N/c1-14-6-2-4-8-17(14)20-12-19-16(13-21-20)11-10-15-7-3-5-9-18(15)19/h2-13H,1H3. The maximum atomic E-state index is 4.64. The summed E-state index contributed by atoms with van der Waals surface area (Å²) in [5.74, 6) is 0. The van der Waals surface area contributed by atoms with Crippen molar-refractivity contribution in [3.8, 4) is 11.3 Å². The van der Waals surface area contributed by atoms with E-state index in [4.69, 9.17) is 0 Å². The second-order valence-electron chi connectivity index (χ2n) is 5.39. The van der Waals surface area contributed by atoms with Gasteiger partial charge in [-0.3, -0.25) is 4.98 Å². The van der Waals surface area contributed by atoms with Crippen LogP contribution >= 0.6 is 0 Å². The molecule has 0 N–H and O–H groups in total.